The molecule has 1 aromatic carbocycles. The minimum absolute atomic E-state index is 0.0870. The van der Waals surface area contributed by atoms with Crippen molar-refractivity contribution in [1.82, 2.24) is 0 Å². The zero-order chi connectivity index (χ0) is 10.7. The van der Waals surface area contributed by atoms with Crippen LogP contribution in [0, 0.1) is 5.92 Å². The number of hydrogen-bond acceptors (Lipinski definition) is 2. The molecule has 0 saturated heterocycles. The first-order chi connectivity index (χ1) is 7.31. The highest BCUT2D eigenvalue weighted by atomic mass is 16.1. The molecule has 80 valence electrons. The van der Waals surface area contributed by atoms with Crippen molar-refractivity contribution in [3.63, 3.8) is 0 Å². The summed E-state index contributed by atoms with van der Waals surface area (Å²) in [5.74, 6) is 0.964. The molecule has 0 radical (unpaired) electrons. The average Bonchev–Trinajstić information content (AvgIpc) is 2.31. The second-order valence-corrected chi connectivity index (χ2v) is 4.28. The largest absolute Gasteiger partial charge is 0.330 e. The van der Waals surface area contributed by atoms with Crippen LogP contribution < -0.4 is 5.73 Å². The maximum Gasteiger partial charge on any atom is 0.137 e. The number of ketones is 1. The van der Waals surface area contributed by atoms with Gasteiger partial charge in [0.15, 0.2) is 0 Å². The summed E-state index contributed by atoms with van der Waals surface area (Å²) in [6.45, 7) is 0.502. The van der Waals surface area contributed by atoms with E-state index in [1.54, 1.807) is 0 Å². The van der Waals surface area contributed by atoms with E-state index in [9.17, 15) is 4.79 Å². The first-order valence-electron chi connectivity index (χ1n) is 5.59. The summed E-state index contributed by atoms with van der Waals surface area (Å²) in [5.41, 5.74) is 6.96. The molecule has 2 N–H and O–H groups in total. The summed E-state index contributed by atoms with van der Waals surface area (Å²) in [5, 5.41) is 0. The molecule has 0 bridgehead atoms. The molecule has 0 aliphatic heterocycles. The first kappa shape index (κ1) is 10.4. The van der Waals surface area contributed by atoms with Crippen molar-refractivity contribution < 1.29 is 4.79 Å². The molecule has 0 aromatic heterocycles. The Balaban J connectivity index is 2.09. The van der Waals surface area contributed by atoms with Gasteiger partial charge in [-0.3, -0.25) is 4.79 Å². The number of carbonyl (C=O) groups is 1. The number of benzene rings is 1. The van der Waals surface area contributed by atoms with Crippen molar-refractivity contribution >= 4 is 5.78 Å². The monoisotopic (exact) mass is 203 g/mol. The molecule has 0 heterocycles. The van der Waals surface area contributed by atoms with Crippen molar-refractivity contribution in [2.45, 2.75) is 25.2 Å². The average molecular weight is 203 g/mol. The van der Waals surface area contributed by atoms with Crippen LogP contribution >= 0.6 is 0 Å². The lowest BCUT2D eigenvalue weighted by Crippen LogP contribution is -2.29. The van der Waals surface area contributed by atoms with Gasteiger partial charge in [-0.2, -0.15) is 0 Å². The molecular formula is C13H17NO. The summed E-state index contributed by atoms with van der Waals surface area (Å²) in [4.78, 5) is 11.5. The molecule has 1 fully saturated rings. The fraction of sp³-hybridized carbons (Fsp3) is 0.462. The van der Waals surface area contributed by atoms with Crippen molar-refractivity contribution in [2.24, 2.45) is 11.7 Å². The molecule has 0 amide bonds. The van der Waals surface area contributed by atoms with Crippen molar-refractivity contribution in [2.75, 3.05) is 6.54 Å². The van der Waals surface area contributed by atoms with Crippen LogP contribution in [0.1, 0.15) is 30.7 Å². The third-order valence-electron chi connectivity index (χ3n) is 3.32. The molecule has 1 aromatic rings. The zero-order valence-corrected chi connectivity index (χ0v) is 8.86. The van der Waals surface area contributed by atoms with Gasteiger partial charge in [0.05, 0.1) is 0 Å². The maximum absolute atomic E-state index is 11.5. The predicted molar refractivity (Wildman–Crippen MR) is 60.6 cm³/mol. The number of hydrogen-bond donors (Lipinski definition) is 1. The van der Waals surface area contributed by atoms with Crippen LogP contribution in [0.5, 0.6) is 0 Å². The van der Waals surface area contributed by atoms with Gasteiger partial charge >= 0.3 is 0 Å². The highest BCUT2D eigenvalue weighted by Crippen LogP contribution is 2.33. The first-order valence-corrected chi connectivity index (χ1v) is 5.59. The lowest BCUT2D eigenvalue weighted by Gasteiger charge is -2.27. The predicted octanol–water partition coefficient (Wildman–Crippen LogP) is 2.10. The van der Waals surface area contributed by atoms with Crippen molar-refractivity contribution in [3.8, 4) is 0 Å². The van der Waals surface area contributed by atoms with E-state index in [0.29, 0.717) is 24.7 Å². The lowest BCUT2D eigenvalue weighted by molar-refractivity contribution is -0.124. The smallest absolute Gasteiger partial charge is 0.137 e. The molecule has 0 unspecified atom stereocenters. The van der Waals surface area contributed by atoms with Gasteiger partial charge in [0, 0.05) is 18.9 Å². The number of carbonyl (C=O) groups excluding carboxylic acids is 1. The molecule has 0 spiro atoms. The summed E-state index contributed by atoms with van der Waals surface area (Å²) < 4.78 is 0. The number of Topliss-reactive ketones (excluding diaryl/α,β-unsaturated/α-hetero) is 1. The third-order valence-corrected chi connectivity index (χ3v) is 3.32. The maximum atomic E-state index is 11.5. The Morgan fingerprint density at radius 3 is 2.67 bits per heavy atom. The summed E-state index contributed by atoms with van der Waals surface area (Å²) in [6.07, 6.45) is 2.61. The highest BCUT2D eigenvalue weighted by molar-refractivity contribution is 5.82. The molecule has 1 saturated carbocycles. The van der Waals surface area contributed by atoms with Crippen LogP contribution in [-0.4, -0.2) is 12.3 Å². The topological polar surface area (TPSA) is 43.1 Å². The Hall–Kier alpha value is -1.15. The minimum atomic E-state index is 0.0870. The Labute approximate surface area is 90.5 Å². The Morgan fingerprint density at radius 2 is 2.00 bits per heavy atom. The number of nitrogens with two attached hydrogens (primary N) is 1. The van der Waals surface area contributed by atoms with Gasteiger partial charge < -0.3 is 5.73 Å². The van der Waals surface area contributed by atoms with Gasteiger partial charge in [0.2, 0.25) is 0 Å². The van der Waals surface area contributed by atoms with Gasteiger partial charge in [-0.25, -0.2) is 0 Å². The summed E-state index contributed by atoms with van der Waals surface area (Å²) in [6, 6.07) is 10.4. The van der Waals surface area contributed by atoms with E-state index in [0.717, 1.165) is 12.8 Å². The van der Waals surface area contributed by atoms with Gasteiger partial charge in [-0.15, -0.1) is 0 Å². The second kappa shape index (κ2) is 4.58. The quantitative estimate of drug-likeness (QED) is 0.799. The Morgan fingerprint density at radius 1 is 1.27 bits per heavy atom. The van der Waals surface area contributed by atoms with Crippen LogP contribution in [0.4, 0.5) is 0 Å². The van der Waals surface area contributed by atoms with Gasteiger partial charge in [0.25, 0.3) is 0 Å². The van der Waals surface area contributed by atoms with Crippen molar-refractivity contribution in [3.05, 3.63) is 35.9 Å². The van der Waals surface area contributed by atoms with Gasteiger partial charge in [-0.05, 0) is 24.3 Å². The lowest BCUT2D eigenvalue weighted by atomic mass is 9.77. The molecule has 2 rings (SSSR count). The van der Waals surface area contributed by atoms with Crippen molar-refractivity contribution in [1.29, 1.82) is 0 Å². The van der Waals surface area contributed by atoms with Gasteiger partial charge in [-0.1, -0.05) is 30.3 Å². The summed E-state index contributed by atoms with van der Waals surface area (Å²) in [7, 11) is 0. The van der Waals surface area contributed by atoms with E-state index >= 15 is 0 Å². The highest BCUT2D eigenvalue weighted by Gasteiger charge is 2.28. The minimum Gasteiger partial charge on any atom is -0.330 e. The van der Waals surface area contributed by atoms with E-state index in [-0.39, 0.29) is 5.92 Å². The molecule has 1 aliphatic rings. The van der Waals surface area contributed by atoms with Gasteiger partial charge in [0.1, 0.15) is 5.78 Å². The van der Waals surface area contributed by atoms with Crippen LogP contribution in [0.2, 0.25) is 0 Å². The van der Waals surface area contributed by atoms with E-state index in [2.05, 4.69) is 24.3 Å². The molecule has 1 aliphatic carbocycles. The van der Waals surface area contributed by atoms with E-state index in [4.69, 9.17) is 5.73 Å². The Bertz CT molecular complexity index is 334. The zero-order valence-electron chi connectivity index (χ0n) is 8.86. The second-order valence-electron chi connectivity index (χ2n) is 4.28. The SMILES string of the molecule is NC[C@@H]1C[C@@H](c2ccccc2)CCC1=O. The fourth-order valence-electron chi connectivity index (χ4n) is 2.37. The molecule has 2 nitrogen and oxygen atoms in total. The van der Waals surface area contributed by atoms with Crippen LogP contribution in [-0.2, 0) is 4.79 Å². The summed E-state index contributed by atoms with van der Waals surface area (Å²) >= 11 is 0. The van der Waals surface area contributed by atoms with Crippen LogP contribution in [0.25, 0.3) is 0 Å². The van der Waals surface area contributed by atoms with E-state index < -0.39 is 0 Å². The molecule has 15 heavy (non-hydrogen) atoms. The van der Waals surface area contributed by atoms with Crippen LogP contribution in [0.15, 0.2) is 30.3 Å². The third kappa shape index (κ3) is 2.26. The van der Waals surface area contributed by atoms with E-state index in [1.807, 2.05) is 6.07 Å². The standard InChI is InChI=1S/C13H17NO/c14-9-12-8-11(6-7-13(12)15)10-4-2-1-3-5-10/h1-5,11-12H,6-9,14H2/t11-,12-/m0/s1. The fourth-order valence-corrected chi connectivity index (χ4v) is 2.37. The molecular weight excluding hydrogens is 186 g/mol. The molecule has 2 heteroatoms. The Kier molecular flexibility index (Phi) is 3.17. The molecule has 2 atom stereocenters. The number of rotatable bonds is 2. The normalized spacial score (nSPS) is 26.6. The van der Waals surface area contributed by atoms with Crippen LogP contribution in [0.3, 0.4) is 0 Å². The van der Waals surface area contributed by atoms with E-state index in [1.165, 1.54) is 5.56 Å².